The van der Waals surface area contributed by atoms with Crippen molar-refractivity contribution >= 4 is 11.0 Å². The molecule has 0 atom stereocenters. The molecule has 0 fully saturated rings. The Labute approximate surface area is 71.0 Å². The third-order valence-corrected chi connectivity index (χ3v) is 1.73. The normalized spacial score (nSPS) is 10.0. The molecule has 1 radical (unpaired) electrons. The van der Waals surface area contributed by atoms with E-state index >= 15 is 0 Å². The van der Waals surface area contributed by atoms with E-state index in [-0.39, 0.29) is 0 Å². The summed E-state index contributed by atoms with van der Waals surface area (Å²) in [5, 5.41) is 1.01. The first-order valence-corrected chi connectivity index (χ1v) is 3.62. The molecule has 1 nitrogen and oxygen atoms in total. The highest BCUT2D eigenvalue weighted by Gasteiger charge is 1.99. The van der Waals surface area contributed by atoms with Crippen molar-refractivity contribution in [2.45, 2.75) is 0 Å². The lowest BCUT2D eigenvalue weighted by Crippen LogP contribution is -1.70. The van der Waals surface area contributed by atoms with Crippen LogP contribution in [-0.4, -0.2) is 0 Å². The van der Waals surface area contributed by atoms with Gasteiger partial charge in [-0.25, -0.2) is 0 Å². The van der Waals surface area contributed by atoms with Crippen molar-refractivity contribution in [1.82, 2.24) is 0 Å². The van der Waals surface area contributed by atoms with Crippen LogP contribution >= 0.6 is 0 Å². The first kappa shape index (κ1) is 7.00. The molecule has 0 amide bonds. The highest BCUT2D eigenvalue weighted by Crippen LogP contribution is 2.19. The molecule has 0 bridgehead atoms. The Balaban J connectivity index is 2.77. The maximum Gasteiger partial charge on any atom is 0.134 e. The predicted molar refractivity (Wildman–Crippen MR) is 48.6 cm³/mol. The number of benzene rings is 1. The topological polar surface area (TPSA) is 13.1 Å². The van der Waals surface area contributed by atoms with Crippen molar-refractivity contribution in [3.8, 4) is 12.3 Å². The van der Waals surface area contributed by atoms with Gasteiger partial charge in [0.15, 0.2) is 0 Å². The van der Waals surface area contributed by atoms with Crippen molar-refractivity contribution in [1.29, 1.82) is 0 Å². The van der Waals surface area contributed by atoms with Crippen LogP contribution in [0.15, 0.2) is 28.7 Å². The van der Waals surface area contributed by atoms with E-state index in [9.17, 15) is 0 Å². The molecule has 1 aromatic heterocycles. The summed E-state index contributed by atoms with van der Waals surface area (Å²) in [5.41, 5.74) is 1.70. The average Bonchev–Trinajstić information content (AvgIpc) is 2.43. The molecule has 12 heavy (non-hydrogen) atoms. The largest absolute Gasteiger partial charge is 0.461 e. The van der Waals surface area contributed by atoms with Gasteiger partial charge in [-0.05, 0) is 24.3 Å². The molecule has 0 aliphatic rings. The van der Waals surface area contributed by atoms with Crippen LogP contribution in [0.5, 0.6) is 0 Å². The predicted octanol–water partition coefficient (Wildman–Crippen LogP) is 2.60. The van der Waals surface area contributed by atoms with Gasteiger partial charge in [-0.1, -0.05) is 5.92 Å². The lowest BCUT2D eigenvalue weighted by molar-refractivity contribution is 0.595. The lowest BCUT2D eigenvalue weighted by Gasteiger charge is -1.88. The van der Waals surface area contributed by atoms with Gasteiger partial charge >= 0.3 is 0 Å². The fraction of sp³-hybridized carbons (Fsp3) is 0. The van der Waals surface area contributed by atoms with Crippen LogP contribution in [0.3, 0.4) is 0 Å². The molecular weight excluding hydrogens is 148 g/mol. The summed E-state index contributed by atoms with van der Waals surface area (Å²) < 4.78 is 5.29. The van der Waals surface area contributed by atoms with Gasteiger partial charge in [0.05, 0.1) is 0 Å². The highest BCUT2D eigenvalue weighted by atomic mass is 16.3. The number of furan rings is 1. The van der Waals surface area contributed by atoms with Crippen LogP contribution < -0.4 is 0 Å². The molecule has 2 rings (SSSR count). The highest BCUT2D eigenvalue weighted by molar-refractivity contribution is 5.79. The molecule has 0 aliphatic carbocycles. The van der Waals surface area contributed by atoms with Crippen LogP contribution in [0.4, 0.5) is 0 Å². The standard InChI is InChI=1S/C11H7O/c1-3-9-4-5-11-10(7-9)6-8(2)12-11/h1,4-7H,2H2. The number of rotatable bonds is 0. The van der Waals surface area contributed by atoms with E-state index in [1.54, 1.807) is 0 Å². The van der Waals surface area contributed by atoms with Crippen molar-refractivity contribution in [3.63, 3.8) is 0 Å². The van der Waals surface area contributed by atoms with E-state index in [0.29, 0.717) is 5.76 Å². The van der Waals surface area contributed by atoms with Gasteiger partial charge in [-0.2, -0.15) is 0 Å². The smallest absolute Gasteiger partial charge is 0.134 e. The Bertz CT molecular complexity index is 457. The minimum atomic E-state index is 0.666. The fourth-order valence-corrected chi connectivity index (χ4v) is 1.19. The van der Waals surface area contributed by atoms with Crippen molar-refractivity contribution in [2.75, 3.05) is 0 Å². The molecule has 1 heterocycles. The van der Waals surface area contributed by atoms with E-state index in [1.807, 2.05) is 24.3 Å². The average molecular weight is 155 g/mol. The number of hydrogen-bond donors (Lipinski definition) is 0. The van der Waals surface area contributed by atoms with E-state index < -0.39 is 0 Å². The van der Waals surface area contributed by atoms with Gasteiger partial charge in [-0.15, -0.1) is 6.42 Å². The second-order valence-corrected chi connectivity index (χ2v) is 2.61. The van der Waals surface area contributed by atoms with E-state index in [4.69, 9.17) is 10.8 Å². The van der Waals surface area contributed by atoms with Gasteiger partial charge in [-0.3, -0.25) is 0 Å². The Hall–Kier alpha value is -1.68. The molecule has 0 unspecified atom stereocenters. The molecule has 0 spiro atoms. The van der Waals surface area contributed by atoms with E-state index in [0.717, 1.165) is 16.5 Å². The Morgan fingerprint density at radius 3 is 2.92 bits per heavy atom. The van der Waals surface area contributed by atoms with E-state index in [2.05, 4.69) is 12.8 Å². The van der Waals surface area contributed by atoms with Gasteiger partial charge < -0.3 is 4.42 Å². The Morgan fingerprint density at radius 2 is 2.17 bits per heavy atom. The minimum Gasteiger partial charge on any atom is -0.461 e. The SMILES string of the molecule is C#Cc1ccc2oc([CH2])cc2c1. The number of hydrogen-bond acceptors (Lipinski definition) is 1. The molecule has 1 heteroatoms. The van der Waals surface area contributed by atoms with Crippen molar-refractivity contribution < 1.29 is 4.42 Å². The van der Waals surface area contributed by atoms with Crippen LogP contribution in [0.1, 0.15) is 11.3 Å². The first-order valence-electron chi connectivity index (χ1n) is 3.62. The monoisotopic (exact) mass is 155 g/mol. The summed E-state index contributed by atoms with van der Waals surface area (Å²) in [6.07, 6.45) is 5.25. The zero-order chi connectivity index (χ0) is 8.55. The Morgan fingerprint density at radius 1 is 1.33 bits per heavy atom. The van der Waals surface area contributed by atoms with Crippen LogP contribution in [-0.2, 0) is 0 Å². The van der Waals surface area contributed by atoms with Crippen molar-refractivity contribution in [2.24, 2.45) is 0 Å². The first-order chi connectivity index (χ1) is 5.79. The maximum atomic E-state index is 5.29. The van der Waals surface area contributed by atoms with Crippen LogP contribution in [0.2, 0.25) is 0 Å². The molecule has 2 aromatic rings. The van der Waals surface area contributed by atoms with Gasteiger partial charge in [0, 0.05) is 17.9 Å². The summed E-state index contributed by atoms with van der Waals surface area (Å²) in [5.74, 6) is 3.23. The molecule has 1 aromatic carbocycles. The summed E-state index contributed by atoms with van der Waals surface area (Å²) in [6, 6.07) is 7.49. The second-order valence-electron chi connectivity index (χ2n) is 2.61. The molecular formula is C11H7O. The zero-order valence-electron chi connectivity index (χ0n) is 6.50. The van der Waals surface area contributed by atoms with Crippen LogP contribution in [0.25, 0.3) is 11.0 Å². The molecule has 0 saturated carbocycles. The van der Waals surface area contributed by atoms with Gasteiger partial charge in [0.25, 0.3) is 0 Å². The summed E-state index contributed by atoms with van der Waals surface area (Å²) >= 11 is 0. The summed E-state index contributed by atoms with van der Waals surface area (Å²) in [4.78, 5) is 0. The molecule has 0 saturated heterocycles. The second kappa shape index (κ2) is 2.42. The molecule has 57 valence electrons. The van der Waals surface area contributed by atoms with E-state index in [1.165, 1.54) is 0 Å². The third-order valence-electron chi connectivity index (χ3n) is 1.73. The van der Waals surface area contributed by atoms with Gasteiger partial charge in [0.2, 0.25) is 0 Å². The maximum absolute atomic E-state index is 5.29. The molecule has 0 aliphatic heterocycles. The zero-order valence-corrected chi connectivity index (χ0v) is 6.50. The third kappa shape index (κ3) is 0.981. The minimum absolute atomic E-state index is 0.666. The fourth-order valence-electron chi connectivity index (χ4n) is 1.19. The van der Waals surface area contributed by atoms with Crippen LogP contribution in [0, 0.1) is 19.3 Å². The number of terminal acetylenes is 1. The van der Waals surface area contributed by atoms with Gasteiger partial charge in [0.1, 0.15) is 11.3 Å². The lowest BCUT2D eigenvalue weighted by atomic mass is 10.2. The summed E-state index contributed by atoms with van der Waals surface area (Å²) in [6.45, 7) is 3.69. The number of fused-ring (bicyclic) bond motifs is 1. The molecule has 0 N–H and O–H groups in total. The van der Waals surface area contributed by atoms with Crippen molar-refractivity contribution in [3.05, 3.63) is 42.5 Å². The summed E-state index contributed by atoms with van der Waals surface area (Å²) in [7, 11) is 0. The quantitative estimate of drug-likeness (QED) is 0.533. The Kier molecular flexibility index (Phi) is 1.41.